The van der Waals surface area contributed by atoms with Gasteiger partial charge in [0.2, 0.25) is 0 Å². The van der Waals surface area contributed by atoms with Gasteiger partial charge in [-0.15, -0.1) is 0 Å². The molecule has 3 rings (SSSR count). The van der Waals surface area contributed by atoms with E-state index in [0.29, 0.717) is 12.6 Å². The van der Waals surface area contributed by atoms with Crippen LogP contribution < -0.4 is 0 Å². The second kappa shape index (κ2) is 8.27. The van der Waals surface area contributed by atoms with E-state index < -0.39 is 0 Å². The first-order chi connectivity index (χ1) is 11.3. The minimum Gasteiger partial charge on any atom is -0.396 e. The van der Waals surface area contributed by atoms with Gasteiger partial charge in [0.05, 0.1) is 6.20 Å². The van der Waals surface area contributed by atoms with Gasteiger partial charge in [-0.2, -0.15) is 5.10 Å². The number of aromatic nitrogens is 2. The molecule has 0 spiro atoms. The van der Waals surface area contributed by atoms with Gasteiger partial charge in [0, 0.05) is 63.2 Å². The van der Waals surface area contributed by atoms with E-state index >= 15 is 0 Å². The Morgan fingerprint density at radius 1 is 1.22 bits per heavy atom. The lowest BCUT2D eigenvalue weighted by Crippen LogP contribution is -2.56. The van der Waals surface area contributed by atoms with E-state index in [9.17, 15) is 5.11 Å². The third kappa shape index (κ3) is 4.34. The van der Waals surface area contributed by atoms with Crippen molar-refractivity contribution >= 4 is 0 Å². The molecule has 1 aromatic rings. The van der Waals surface area contributed by atoms with Gasteiger partial charge in [0.25, 0.3) is 0 Å². The van der Waals surface area contributed by atoms with Crippen molar-refractivity contribution in [2.24, 2.45) is 0 Å². The van der Waals surface area contributed by atoms with Crippen molar-refractivity contribution in [3.05, 3.63) is 18.0 Å². The first-order valence-electron chi connectivity index (χ1n) is 9.40. The van der Waals surface area contributed by atoms with E-state index in [1.807, 2.05) is 10.9 Å². The van der Waals surface area contributed by atoms with Crippen molar-refractivity contribution < 1.29 is 5.11 Å². The van der Waals surface area contributed by atoms with Crippen LogP contribution in [-0.2, 0) is 13.1 Å². The van der Waals surface area contributed by atoms with Gasteiger partial charge >= 0.3 is 0 Å². The molecule has 5 nitrogen and oxygen atoms in total. The molecule has 2 aliphatic rings. The van der Waals surface area contributed by atoms with Gasteiger partial charge in [0.1, 0.15) is 0 Å². The second-order valence-electron chi connectivity index (χ2n) is 7.14. The molecule has 1 N–H and O–H groups in total. The van der Waals surface area contributed by atoms with Crippen LogP contribution in [0.15, 0.2) is 12.4 Å². The van der Waals surface area contributed by atoms with Crippen molar-refractivity contribution in [2.45, 2.75) is 70.6 Å². The average molecular weight is 320 g/mol. The molecule has 0 bridgehead atoms. The van der Waals surface area contributed by atoms with Gasteiger partial charge in [0.15, 0.2) is 0 Å². The highest BCUT2D eigenvalue weighted by Gasteiger charge is 2.32. The maximum atomic E-state index is 9.49. The van der Waals surface area contributed by atoms with Crippen LogP contribution in [0.1, 0.15) is 51.0 Å². The molecule has 2 heterocycles. The summed E-state index contributed by atoms with van der Waals surface area (Å²) in [4.78, 5) is 5.25. The fourth-order valence-electron chi connectivity index (χ4n) is 4.30. The van der Waals surface area contributed by atoms with E-state index in [0.717, 1.165) is 45.2 Å². The summed E-state index contributed by atoms with van der Waals surface area (Å²) in [5.41, 5.74) is 1.31. The van der Waals surface area contributed by atoms with Crippen LogP contribution >= 0.6 is 0 Å². The quantitative estimate of drug-likeness (QED) is 0.872. The van der Waals surface area contributed by atoms with E-state index in [1.54, 1.807) is 0 Å². The normalized spacial score (nSPS) is 25.0. The molecule has 1 saturated carbocycles. The minimum absolute atomic E-state index is 0.301. The summed E-state index contributed by atoms with van der Waals surface area (Å²) in [6, 6.07) is 1.27. The molecule has 1 atom stereocenters. The summed E-state index contributed by atoms with van der Waals surface area (Å²) in [5, 5.41) is 13.9. The molecule has 1 unspecified atom stereocenters. The molecule has 1 aliphatic carbocycles. The van der Waals surface area contributed by atoms with Gasteiger partial charge < -0.3 is 5.11 Å². The maximum Gasteiger partial charge on any atom is 0.0534 e. The SMILES string of the molecule is CCn1cc(CN2CCN(C3CCCCC3)C(CCO)C2)cn1. The van der Waals surface area contributed by atoms with Gasteiger partial charge in [-0.25, -0.2) is 0 Å². The molecule has 130 valence electrons. The molecule has 5 heteroatoms. The van der Waals surface area contributed by atoms with E-state index in [2.05, 4.69) is 28.0 Å². The molecular formula is C18H32N4O. The molecule has 0 aromatic carbocycles. The van der Waals surface area contributed by atoms with Crippen LogP contribution in [-0.4, -0.2) is 63.0 Å². The Labute approximate surface area is 140 Å². The summed E-state index contributed by atoms with van der Waals surface area (Å²) in [5.74, 6) is 0. The van der Waals surface area contributed by atoms with E-state index in [-0.39, 0.29) is 0 Å². The Bertz CT molecular complexity index is 469. The molecule has 1 aromatic heterocycles. The number of piperazine rings is 1. The van der Waals surface area contributed by atoms with Crippen LogP contribution in [0.5, 0.6) is 0 Å². The van der Waals surface area contributed by atoms with Crippen molar-refractivity contribution in [2.75, 3.05) is 26.2 Å². The molecular weight excluding hydrogens is 288 g/mol. The third-order valence-corrected chi connectivity index (χ3v) is 5.54. The van der Waals surface area contributed by atoms with Crippen LogP contribution in [0, 0.1) is 0 Å². The van der Waals surface area contributed by atoms with Crippen molar-refractivity contribution in [3.8, 4) is 0 Å². The molecule has 23 heavy (non-hydrogen) atoms. The van der Waals surface area contributed by atoms with Crippen molar-refractivity contribution in [1.82, 2.24) is 19.6 Å². The summed E-state index contributed by atoms with van der Waals surface area (Å²) in [6.07, 6.45) is 11.9. The number of aliphatic hydroxyl groups is 1. The van der Waals surface area contributed by atoms with Crippen molar-refractivity contribution in [3.63, 3.8) is 0 Å². The lowest BCUT2D eigenvalue weighted by Gasteiger charge is -2.46. The zero-order chi connectivity index (χ0) is 16.1. The Morgan fingerprint density at radius 3 is 2.74 bits per heavy atom. The van der Waals surface area contributed by atoms with Gasteiger partial charge in [-0.1, -0.05) is 19.3 Å². The lowest BCUT2D eigenvalue weighted by atomic mass is 9.92. The molecule has 1 saturated heterocycles. The van der Waals surface area contributed by atoms with Gasteiger partial charge in [-0.05, 0) is 26.2 Å². The Morgan fingerprint density at radius 2 is 2.04 bits per heavy atom. The summed E-state index contributed by atoms with van der Waals surface area (Å²) >= 11 is 0. The standard InChI is InChI=1S/C18H32N4O/c1-2-21-14-16(12-19-21)13-20-9-10-22(18(15-20)8-11-23)17-6-4-3-5-7-17/h12,14,17-18,23H,2-11,13,15H2,1H3. The maximum absolute atomic E-state index is 9.49. The number of hydrogen-bond donors (Lipinski definition) is 1. The number of nitrogens with zero attached hydrogens (tertiary/aromatic N) is 4. The predicted octanol–water partition coefficient (Wildman–Crippen LogP) is 2.10. The molecule has 0 amide bonds. The number of aryl methyl sites for hydroxylation is 1. The topological polar surface area (TPSA) is 44.5 Å². The summed E-state index contributed by atoms with van der Waals surface area (Å²) < 4.78 is 2.00. The average Bonchev–Trinajstić information content (AvgIpc) is 3.04. The highest BCUT2D eigenvalue weighted by molar-refractivity contribution is 5.04. The van der Waals surface area contributed by atoms with E-state index in [4.69, 9.17) is 0 Å². The molecule has 2 fully saturated rings. The molecule has 1 aliphatic heterocycles. The van der Waals surface area contributed by atoms with Crippen LogP contribution in [0.25, 0.3) is 0 Å². The minimum atomic E-state index is 0.301. The first kappa shape index (κ1) is 16.9. The highest BCUT2D eigenvalue weighted by Crippen LogP contribution is 2.27. The smallest absolute Gasteiger partial charge is 0.0534 e. The number of hydrogen-bond acceptors (Lipinski definition) is 4. The zero-order valence-corrected chi connectivity index (χ0v) is 14.5. The highest BCUT2D eigenvalue weighted by atomic mass is 16.3. The fourth-order valence-corrected chi connectivity index (χ4v) is 4.30. The second-order valence-corrected chi connectivity index (χ2v) is 7.14. The Balaban J connectivity index is 1.58. The van der Waals surface area contributed by atoms with Crippen LogP contribution in [0.4, 0.5) is 0 Å². The predicted molar refractivity (Wildman–Crippen MR) is 92.2 cm³/mol. The van der Waals surface area contributed by atoms with Gasteiger partial charge in [-0.3, -0.25) is 14.5 Å². The third-order valence-electron chi connectivity index (χ3n) is 5.54. The first-order valence-corrected chi connectivity index (χ1v) is 9.40. The summed E-state index contributed by atoms with van der Waals surface area (Å²) in [6.45, 7) is 7.71. The Kier molecular flexibility index (Phi) is 6.08. The van der Waals surface area contributed by atoms with Crippen LogP contribution in [0.3, 0.4) is 0 Å². The zero-order valence-electron chi connectivity index (χ0n) is 14.5. The molecule has 0 radical (unpaired) electrons. The Hall–Kier alpha value is -0.910. The van der Waals surface area contributed by atoms with Crippen molar-refractivity contribution in [1.29, 1.82) is 0 Å². The summed E-state index contributed by atoms with van der Waals surface area (Å²) in [7, 11) is 0. The lowest BCUT2D eigenvalue weighted by molar-refractivity contribution is 0.0137. The fraction of sp³-hybridized carbons (Fsp3) is 0.833. The number of rotatable bonds is 6. The monoisotopic (exact) mass is 320 g/mol. The largest absolute Gasteiger partial charge is 0.396 e. The number of aliphatic hydroxyl groups excluding tert-OH is 1. The van der Waals surface area contributed by atoms with E-state index in [1.165, 1.54) is 37.7 Å². The van der Waals surface area contributed by atoms with Crippen LogP contribution in [0.2, 0.25) is 0 Å².